The van der Waals surface area contributed by atoms with E-state index in [2.05, 4.69) is 16.3 Å². The predicted octanol–water partition coefficient (Wildman–Crippen LogP) is 2.41. The second-order valence-corrected chi connectivity index (χ2v) is 7.20. The van der Waals surface area contributed by atoms with E-state index in [4.69, 9.17) is 0 Å². The molecule has 5 nitrogen and oxygen atoms in total. The van der Waals surface area contributed by atoms with Crippen molar-refractivity contribution < 1.29 is 9.59 Å². The molecular formula is C20H29N3O2. The standard InChI is InChI=1S/C20H29N3O2/c1-2-23-15-18(13-19(23)24)21-20(25)17-9-7-8-16(12-17)14-22-10-5-3-4-6-11-22/h7-9,12,18H,2-6,10-11,13-15H2,1H3,(H,21,25). The van der Waals surface area contributed by atoms with Crippen LogP contribution in [0.2, 0.25) is 0 Å². The number of likely N-dealkylation sites (N-methyl/N-ethyl adjacent to an activating group) is 1. The largest absolute Gasteiger partial charge is 0.347 e. The molecule has 0 saturated carbocycles. The maximum Gasteiger partial charge on any atom is 0.251 e. The van der Waals surface area contributed by atoms with Crippen LogP contribution < -0.4 is 5.32 Å². The number of rotatable bonds is 5. The molecule has 1 N–H and O–H groups in total. The van der Waals surface area contributed by atoms with Gasteiger partial charge in [-0.3, -0.25) is 14.5 Å². The Morgan fingerprint density at radius 1 is 1.20 bits per heavy atom. The van der Waals surface area contributed by atoms with Gasteiger partial charge in [0.05, 0.1) is 6.04 Å². The number of carbonyl (C=O) groups excluding carboxylic acids is 2. The zero-order valence-corrected chi connectivity index (χ0v) is 15.2. The Hall–Kier alpha value is -1.88. The number of hydrogen-bond donors (Lipinski definition) is 1. The Balaban J connectivity index is 1.58. The molecule has 1 unspecified atom stereocenters. The fraction of sp³-hybridized carbons (Fsp3) is 0.600. The maximum absolute atomic E-state index is 12.5. The molecule has 136 valence electrons. The molecule has 1 aromatic carbocycles. The number of benzene rings is 1. The van der Waals surface area contributed by atoms with E-state index in [1.54, 1.807) is 4.90 Å². The third kappa shape index (κ3) is 4.82. The van der Waals surface area contributed by atoms with Crippen LogP contribution in [0.15, 0.2) is 24.3 Å². The summed E-state index contributed by atoms with van der Waals surface area (Å²) in [5.41, 5.74) is 1.88. The van der Waals surface area contributed by atoms with Gasteiger partial charge in [-0.25, -0.2) is 0 Å². The summed E-state index contributed by atoms with van der Waals surface area (Å²) in [7, 11) is 0. The van der Waals surface area contributed by atoms with Gasteiger partial charge in [-0.05, 0) is 50.6 Å². The van der Waals surface area contributed by atoms with E-state index in [-0.39, 0.29) is 17.9 Å². The first-order valence-electron chi connectivity index (χ1n) is 9.55. The molecule has 0 aromatic heterocycles. The normalized spacial score (nSPS) is 22.0. The van der Waals surface area contributed by atoms with Crippen molar-refractivity contribution in [2.45, 2.75) is 51.6 Å². The molecule has 3 rings (SSSR count). The van der Waals surface area contributed by atoms with E-state index in [0.717, 1.165) is 19.6 Å². The summed E-state index contributed by atoms with van der Waals surface area (Å²) in [5.74, 6) is 0.0520. The highest BCUT2D eigenvalue weighted by molar-refractivity contribution is 5.95. The number of hydrogen-bond acceptors (Lipinski definition) is 3. The third-order valence-corrected chi connectivity index (χ3v) is 5.23. The average Bonchev–Trinajstić information content (AvgIpc) is 2.80. The Morgan fingerprint density at radius 3 is 2.64 bits per heavy atom. The van der Waals surface area contributed by atoms with Gasteiger partial charge in [0.1, 0.15) is 0 Å². The fourth-order valence-electron chi connectivity index (χ4n) is 3.81. The molecule has 0 bridgehead atoms. The van der Waals surface area contributed by atoms with Crippen molar-refractivity contribution in [3.63, 3.8) is 0 Å². The summed E-state index contributed by atoms with van der Waals surface area (Å²) in [4.78, 5) is 28.6. The molecule has 25 heavy (non-hydrogen) atoms. The van der Waals surface area contributed by atoms with Gasteiger partial charge in [0, 0.05) is 31.6 Å². The van der Waals surface area contributed by atoms with Gasteiger partial charge in [-0.1, -0.05) is 25.0 Å². The highest BCUT2D eigenvalue weighted by atomic mass is 16.2. The minimum absolute atomic E-state index is 0.0748. The molecule has 2 aliphatic rings. The third-order valence-electron chi connectivity index (χ3n) is 5.23. The smallest absolute Gasteiger partial charge is 0.251 e. The van der Waals surface area contributed by atoms with E-state index in [1.807, 2.05) is 25.1 Å². The molecule has 0 aliphatic carbocycles. The molecule has 2 aliphatic heterocycles. The van der Waals surface area contributed by atoms with Crippen LogP contribution >= 0.6 is 0 Å². The van der Waals surface area contributed by atoms with Crippen molar-refractivity contribution >= 4 is 11.8 Å². The first-order valence-corrected chi connectivity index (χ1v) is 9.55. The van der Waals surface area contributed by atoms with Crippen molar-refractivity contribution in [3.05, 3.63) is 35.4 Å². The second-order valence-electron chi connectivity index (χ2n) is 7.20. The van der Waals surface area contributed by atoms with E-state index >= 15 is 0 Å². The van der Waals surface area contributed by atoms with Crippen LogP contribution in [0.3, 0.4) is 0 Å². The second kappa shape index (κ2) is 8.48. The minimum Gasteiger partial charge on any atom is -0.347 e. The van der Waals surface area contributed by atoms with Crippen LogP contribution in [-0.4, -0.2) is 53.8 Å². The van der Waals surface area contributed by atoms with Crippen molar-refractivity contribution in [2.75, 3.05) is 26.2 Å². The monoisotopic (exact) mass is 343 g/mol. The molecule has 5 heteroatoms. The van der Waals surface area contributed by atoms with Gasteiger partial charge in [0.2, 0.25) is 5.91 Å². The van der Waals surface area contributed by atoms with Crippen LogP contribution in [0, 0.1) is 0 Å². The highest BCUT2D eigenvalue weighted by Crippen LogP contribution is 2.15. The van der Waals surface area contributed by atoms with Crippen LogP contribution in [0.5, 0.6) is 0 Å². The zero-order chi connectivity index (χ0) is 17.6. The lowest BCUT2D eigenvalue weighted by Crippen LogP contribution is -2.37. The molecule has 0 spiro atoms. The van der Waals surface area contributed by atoms with E-state index in [9.17, 15) is 9.59 Å². The van der Waals surface area contributed by atoms with Crippen LogP contribution in [0.1, 0.15) is 54.9 Å². The van der Waals surface area contributed by atoms with Crippen molar-refractivity contribution in [2.24, 2.45) is 0 Å². The molecular weight excluding hydrogens is 314 g/mol. The molecule has 1 atom stereocenters. The van der Waals surface area contributed by atoms with Crippen molar-refractivity contribution in [1.29, 1.82) is 0 Å². The van der Waals surface area contributed by atoms with E-state index in [0.29, 0.717) is 25.1 Å². The van der Waals surface area contributed by atoms with Gasteiger partial charge in [-0.2, -0.15) is 0 Å². The lowest BCUT2D eigenvalue weighted by Gasteiger charge is -2.20. The summed E-state index contributed by atoms with van der Waals surface area (Å²) < 4.78 is 0. The number of nitrogens with one attached hydrogen (secondary N) is 1. The Kier molecular flexibility index (Phi) is 6.08. The molecule has 2 fully saturated rings. The molecule has 2 heterocycles. The molecule has 1 aromatic rings. The van der Waals surface area contributed by atoms with Crippen molar-refractivity contribution in [1.82, 2.24) is 15.1 Å². The molecule has 0 radical (unpaired) electrons. The lowest BCUT2D eigenvalue weighted by atomic mass is 10.1. The van der Waals surface area contributed by atoms with E-state index in [1.165, 1.54) is 31.2 Å². The number of nitrogens with zero attached hydrogens (tertiary/aromatic N) is 2. The van der Waals surface area contributed by atoms with Crippen LogP contribution in [-0.2, 0) is 11.3 Å². The Bertz CT molecular complexity index is 609. The highest BCUT2D eigenvalue weighted by Gasteiger charge is 2.29. The summed E-state index contributed by atoms with van der Waals surface area (Å²) in [5, 5.41) is 3.02. The van der Waals surface area contributed by atoms with Crippen molar-refractivity contribution in [3.8, 4) is 0 Å². The first kappa shape index (κ1) is 17.9. The summed E-state index contributed by atoms with van der Waals surface area (Å²) in [6.07, 6.45) is 5.60. The fourth-order valence-corrected chi connectivity index (χ4v) is 3.81. The first-order chi connectivity index (χ1) is 12.2. The topological polar surface area (TPSA) is 52.7 Å². The van der Waals surface area contributed by atoms with Crippen LogP contribution in [0.4, 0.5) is 0 Å². The van der Waals surface area contributed by atoms with Gasteiger partial charge in [0.15, 0.2) is 0 Å². The predicted molar refractivity (Wildman–Crippen MR) is 98.3 cm³/mol. The number of amides is 2. The summed E-state index contributed by atoms with van der Waals surface area (Å²) in [6.45, 7) is 6.49. The number of likely N-dealkylation sites (tertiary alicyclic amines) is 2. The van der Waals surface area contributed by atoms with Gasteiger partial charge < -0.3 is 10.2 Å². The molecule has 2 amide bonds. The molecule has 2 saturated heterocycles. The Morgan fingerprint density at radius 2 is 1.96 bits per heavy atom. The summed E-state index contributed by atoms with van der Waals surface area (Å²) in [6, 6.07) is 7.83. The lowest BCUT2D eigenvalue weighted by molar-refractivity contribution is -0.127. The van der Waals surface area contributed by atoms with E-state index < -0.39 is 0 Å². The Labute approximate surface area is 150 Å². The van der Waals surface area contributed by atoms with Gasteiger partial charge in [-0.15, -0.1) is 0 Å². The zero-order valence-electron chi connectivity index (χ0n) is 15.2. The SMILES string of the molecule is CCN1CC(NC(=O)c2cccc(CN3CCCCCC3)c2)CC1=O. The van der Waals surface area contributed by atoms with Crippen LogP contribution in [0.25, 0.3) is 0 Å². The minimum atomic E-state index is -0.0755. The maximum atomic E-state index is 12.5. The summed E-state index contributed by atoms with van der Waals surface area (Å²) >= 11 is 0. The average molecular weight is 343 g/mol. The van der Waals surface area contributed by atoms with Gasteiger partial charge in [0.25, 0.3) is 5.91 Å². The quantitative estimate of drug-likeness (QED) is 0.893. The number of carbonyl (C=O) groups is 2. The van der Waals surface area contributed by atoms with Gasteiger partial charge >= 0.3 is 0 Å².